The molecule has 0 amide bonds. The van der Waals surface area contributed by atoms with Crippen LogP contribution in [0, 0.1) is 0 Å². The van der Waals surface area contributed by atoms with Crippen LogP contribution in [0.2, 0.25) is 0 Å². The van der Waals surface area contributed by atoms with Crippen molar-refractivity contribution in [2.24, 2.45) is 0 Å². The van der Waals surface area contributed by atoms with Crippen LogP contribution < -0.4 is 0 Å². The van der Waals surface area contributed by atoms with Gasteiger partial charge < -0.3 is 0 Å². The van der Waals surface area contributed by atoms with Gasteiger partial charge in [-0.15, -0.1) is 0 Å². The standard InChI is InChI=1S/C8H6F6/c9-5-1-2-6(10,4-3-5)8(13,14)7(5,11)12/h1-2H,3-4H2. The third-order valence-corrected chi connectivity index (χ3v) is 2.90. The van der Waals surface area contributed by atoms with Gasteiger partial charge in [0.1, 0.15) is 0 Å². The van der Waals surface area contributed by atoms with Crippen LogP contribution in [0.3, 0.4) is 0 Å². The highest BCUT2D eigenvalue weighted by Crippen LogP contribution is 2.62. The lowest BCUT2D eigenvalue weighted by molar-refractivity contribution is -0.327. The summed E-state index contributed by atoms with van der Waals surface area (Å²) in [6.07, 6.45) is -1.40. The SMILES string of the molecule is FC12C=CC(F)(CC1)C(F)(F)C2(F)F. The predicted octanol–water partition coefficient (Wildman–Crippen LogP) is 3.04. The fourth-order valence-corrected chi connectivity index (χ4v) is 1.84. The first-order valence-corrected chi connectivity index (χ1v) is 4.00. The summed E-state index contributed by atoms with van der Waals surface area (Å²) >= 11 is 0. The quantitative estimate of drug-likeness (QED) is 0.431. The molecule has 0 N–H and O–H groups in total. The molecular formula is C8H6F6. The van der Waals surface area contributed by atoms with Crippen molar-refractivity contribution in [2.45, 2.75) is 36.0 Å². The molecule has 1 saturated carbocycles. The number of halogens is 6. The van der Waals surface area contributed by atoms with Crippen molar-refractivity contribution < 1.29 is 26.3 Å². The molecule has 0 aromatic heterocycles. The Morgan fingerprint density at radius 1 is 0.643 bits per heavy atom. The van der Waals surface area contributed by atoms with E-state index >= 15 is 0 Å². The van der Waals surface area contributed by atoms with Gasteiger partial charge in [-0.05, 0) is 25.0 Å². The number of hydrogen-bond acceptors (Lipinski definition) is 0. The lowest BCUT2D eigenvalue weighted by Crippen LogP contribution is -2.70. The summed E-state index contributed by atoms with van der Waals surface area (Å²) in [5.74, 6) is -9.94. The highest BCUT2D eigenvalue weighted by atomic mass is 19.3. The summed E-state index contributed by atoms with van der Waals surface area (Å²) in [7, 11) is 0. The Kier molecular flexibility index (Phi) is 1.49. The largest absolute Gasteiger partial charge is 0.350 e. The van der Waals surface area contributed by atoms with E-state index in [0.717, 1.165) is 0 Å². The van der Waals surface area contributed by atoms with Crippen LogP contribution in [-0.4, -0.2) is 23.2 Å². The summed E-state index contributed by atoms with van der Waals surface area (Å²) in [6, 6.07) is 0. The van der Waals surface area contributed by atoms with Crippen LogP contribution in [0.15, 0.2) is 12.2 Å². The number of rotatable bonds is 0. The number of hydrogen-bond donors (Lipinski definition) is 0. The molecule has 80 valence electrons. The second-order valence-electron chi connectivity index (χ2n) is 3.71. The number of allylic oxidation sites excluding steroid dienone is 2. The summed E-state index contributed by atoms with van der Waals surface area (Å²) < 4.78 is 78.2. The van der Waals surface area contributed by atoms with Gasteiger partial charge >= 0.3 is 11.8 Å². The highest BCUT2D eigenvalue weighted by Gasteiger charge is 2.82. The lowest BCUT2D eigenvalue weighted by Gasteiger charge is -2.50. The molecule has 6 heteroatoms. The molecule has 0 aliphatic heterocycles. The van der Waals surface area contributed by atoms with Crippen molar-refractivity contribution in [1.29, 1.82) is 0 Å². The first-order valence-electron chi connectivity index (χ1n) is 4.00. The highest BCUT2D eigenvalue weighted by molar-refractivity contribution is 5.33. The maximum absolute atomic E-state index is 13.3. The molecule has 2 bridgehead atoms. The van der Waals surface area contributed by atoms with Gasteiger partial charge in [-0.3, -0.25) is 0 Å². The molecular weight excluding hydrogens is 210 g/mol. The summed E-state index contributed by atoms with van der Waals surface area (Å²) in [5, 5.41) is 0. The smallest absolute Gasteiger partial charge is 0.232 e. The Hall–Kier alpha value is -0.680. The second kappa shape index (κ2) is 2.12. The molecule has 0 aromatic carbocycles. The maximum atomic E-state index is 13.3. The van der Waals surface area contributed by atoms with E-state index in [-0.39, 0.29) is 12.2 Å². The summed E-state index contributed by atoms with van der Waals surface area (Å²) in [5.41, 5.74) is -6.82. The third-order valence-electron chi connectivity index (χ3n) is 2.90. The average molecular weight is 216 g/mol. The Morgan fingerprint density at radius 2 is 0.929 bits per heavy atom. The van der Waals surface area contributed by atoms with Crippen LogP contribution in [0.1, 0.15) is 12.8 Å². The predicted molar refractivity (Wildman–Crippen MR) is 35.9 cm³/mol. The zero-order valence-electron chi connectivity index (χ0n) is 6.84. The van der Waals surface area contributed by atoms with E-state index in [0.29, 0.717) is 0 Å². The molecule has 3 aliphatic rings. The van der Waals surface area contributed by atoms with Gasteiger partial charge in [0, 0.05) is 0 Å². The first-order chi connectivity index (χ1) is 6.16. The van der Waals surface area contributed by atoms with Crippen LogP contribution >= 0.6 is 0 Å². The minimum atomic E-state index is -4.97. The molecule has 0 saturated heterocycles. The van der Waals surface area contributed by atoms with E-state index in [1.54, 1.807) is 0 Å². The van der Waals surface area contributed by atoms with Crippen molar-refractivity contribution in [3.05, 3.63) is 12.2 Å². The van der Waals surface area contributed by atoms with Crippen molar-refractivity contribution in [2.75, 3.05) is 0 Å². The Morgan fingerprint density at radius 3 is 1.14 bits per heavy atom. The molecule has 0 radical (unpaired) electrons. The van der Waals surface area contributed by atoms with Gasteiger partial charge in [0.25, 0.3) is 0 Å². The van der Waals surface area contributed by atoms with E-state index in [9.17, 15) is 26.3 Å². The number of fused-ring (bicyclic) bond motifs is 2. The molecule has 2 unspecified atom stereocenters. The van der Waals surface area contributed by atoms with Crippen molar-refractivity contribution in [1.82, 2.24) is 0 Å². The Balaban J connectivity index is 2.63. The molecule has 3 aliphatic carbocycles. The van der Waals surface area contributed by atoms with E-state index in [1.807, 2.05) is 0 Å². The molecule has 3 rings (SSSR count). The first kappa shape index (κ1) is 9.86. The Labute approximate surface area is 75.6 Å². The van der Waals surface area contributed by atoms with Gasteiger partial charge in [0.15, 0.2) is 11.3 Å². The Bertz CT molecular complexity index is 279. The van der Waals surface area contributed by atoms with Crippen LogP contribution in [0.5, 0.6) is 0 Å². The second-order valence-corrected chi connectivity index (χ2v) is 3.71. The topological polar surface area (TPSA) is 0 Å². The normalized spacial score (nSPS) is 48.1. The fraction of sp³-hybridized carbons (Fsp3) is 0.750. The molecule has 0 spiro atoms. The van der Waals surface area contributed by atoms with Gasteiger partial charge in [0.05, 0.1) is 0 Å². The van der Waals surface area contributed by atoms with E-state index in [4.69, 9.17) is 0 Å². The van der Waals surface area contributed by atoms with E-state index in [2.05, 4.69) is 0 Å². The zero-order valence-corrected chi connectivity index (χ0v) is 6.84. The minimum Gasteiger partial charge on any atom is -0.232 e. The summed E-state index contributed by atoms with van der Waals surface area (Å²) in [6.45, 7) is 0. The van der Waals surface area contributed by atoms with E-state index < -0.39 is 36.0 Å². The molecule has 0 aromatic rings. The molecule has 0 heterocycles. The van der Waals surface area contributed by atoms with Crippen LogP contribution in [0.4, 0.5) is 26.3 Å². The molecule has 2 atom stereocenters. The van der Waals surface area contributed by atoms with Crippen molar-refractivity contribution in [3.8, 4) is 0 Å². The van der Waals surface area contributed by atoms with Crippen molar-refractivity contribution in [3.63, 3.8) is 0 Å². The van der Waals surface area contributed by atoms with Gasteiger partial charge in [0.2, 0.25) is 0 Å². The molecule has 1 fully saturated rings. The molecule has 14 heavy (non-hydrogen) atoms. The minimum absolute atomic E-state index is 0.216. The molecule has 0 nitrogen and oxygen atoms in total. The van der Waals surface area contributed by atoms with Gasteiger partial charge in [-0.25, -0.2) is 8.78 Å². The van der Waals surface area contributed by atoms with E-state index in [1.165, 1.54) is 0 Å². The van der Waals surface area contributed by atoms with Gasteiger partial charge in [-0.2, -0.15) is 17.6 Å². The van der Waals surface area contributed by atoms with Crippen LogP contribution in [-0.2, 0) is 0 Å². The monoisotopic (exact) mass is 216 g/mol. The zero-order chi connectivity index (χ0) is 10.8. The van der Waals surface area contributed by atoms with Gasteiger partial charge in [-0.1, -0.05) is 0 Å². The van der Waals surface area contributed by atoms with Crippen molar-refractivity contribution >= 4 is 0 Å². The maximum Gasteiger partial charge on any atom is 0.350 e. The fourth-order valence-electron chi connectivity index (χ4n) is 1.84. The third kappa shape index (κ3) is 0.742. The van der Waals surface area contributed by atoms with Crippen LogP contribution in [0.25, 0.3) is 0 Å². The number of alkyl halides is 6. The summed E-state index contributed by atoms with van der Waals surface area (Å²) in [4.78, 5) is 0. The average Bonchev–Trinajstić information content (AvgIpc) is 2.07. The lowest BCUT2D eigenvalue weighted by atomic mass is 9.67.